The summed E-state index contributed by atoms with van der Waals surface area (Å²) in [6.45, 7) is 5.09. The number of hydrogen-bond donors (Lipinski definition) is 4. The molecular formula is C26H28Cl2N2O6. The van der Waals surface area contributed by atoms with Crippen molar-refractivity contribution in [3.63, 3.8) is 0 Å². The average molecular weight is 535 g/mol. The van der Waals surface area contributed by atoms with Crippen molar-refractivity contribution in [3.8, 4) is 0 Å². The fourth-order valence-corrected chi connectivity index (χ4v) is 5.25. The summed E-state index contributed by atoms with van der Waals surface area (Å²) < 4.78 is 0. The van der Waals surface area contributed by atoms with Crippen LogP contribution < -0.4 is 10.6 Å². The Bertz CT molecular complexity index is 1180. The van der Waals surface area contributed by atoms with Crippen LogP contribution in [0.15, 0.2) is 42.5 Å². The van der Waals surface area contributed by atoms with Crippen LogP contribution in [0.3, 0.4) is 0 Å². The van der Waals surface area contributed by atoms with Gasteiger partial charge in [0.2, 0.25) is 5.91 Å². The van der Waals surface area contributed by atoms with Crippen LogP contribution in [0.4, 0.5) is 5.69 Å². The lowest BCUT2D eigenvalue weighted by molar-refractivity contribution is -0.155. The molecule has 2 aromatic rings. The van der Waals surface area contributed by atoms with Gasteiger partial charge in [0.25, 0.3) is 5.91 Å². The van der Waals surface area contributed by atoms with Gasteiger partial charge in [0.15, 0.2) is 0 Å². The minimum atomic E-state index is -1.20. The quantitative estimate of drug-likeness (QED) is 0.381. The number of hydrogen-bond acceptors (Lipinski definition) is 4. The Kier molecular flexibility index (Phi) is 8.00. The number of benzene rings is 2. The molecule has 8 nitrogen and oxygen atoms in total. The molecule has 4 N–H and O–H groups in total. The first kappa shape index (κ1) is 27.5. The Morgan fingerprint density at radius 1 is 1.00 bits per heavy atom. The van der Waals surface area contributed by atoms with Crippen LogP contribution >= 0.6 is 23.2 Å². The van der Waals surface area contributed by atoms with Crippen molar-refractivity contribution in [2.24, 2.45) is 16.7 Å². The van der Waals surface area contributed by atoms with Gasteiger partial charge in [-0.05, 0) is 55.0 Å². The molecule has 0 aromatic heterocycles. The van der Waals surface area contributed by atoms with Crippen LogP contribution in [-0.2, 0) is 20.8 Å². The molecule has 36 heavy (non-hydrogen) atoms. The Labute approximate surface area is 219 Å². The Morgan fingerprint density at radius 3 is 2.08 bits per heavy atom. The van der Waals surface area contributed by atoms with Crippen molar-refractivity contribution < 1.29 is 29.4 Å². The number of carboxylic acids is 2. The molecule has 192 valence electrons. The van der Waals surface area contributed by atoms with Crippen LogP contribution in [0.5, 0.6) is 0 Å². The van der Waals surface area contributed by atoms with Crippen LogP contribution in [-0.4, -0.2) is 40.0 Å². The molecular weight excluding hydrogens is 507 g/mol. The summed E-state index contributed by atoms with van der Waals surface area (Å²) in [5.74, 6) is -3.76. The minimum Gasteiger partial charge on any atom is -0.481 e. The summed E-state index contributed by atoms with van der Waals surface area (Å²) in [6.07, 6.45) is 0.699. The Hall–Kier alpha value is -3.10. The number of nitrogens with one attached hydrogen (secondary N) is 2. The molecule has 1 fully saturated rings. The highest BCUT2D eigenvalue weighted by atomic mass is 35.5. The van der Waals surface area contributed by atoms with E-state index in [0.29, 0.717) is 24.1 Å². The highest BCUT2D eigenvalue weighted by Gasteiger charge is 2.58. The van der Waals surface area contributed by atoms with E-state index in [9.17, 15) is 29.4 Å². The maximum absolute atomic E-state index is 13.0. The normalized spacial score (nSPS) is 21.4. The third-order valence-electron chi connectivity index (χ3n) is 7.47. The van der Waals surface area contributed by atoms with E-state index in [1.807, 2.05) is 0 Å². The summed E-state index contributed by atoms with van der Waals surface area (Å²) in [6, 6.07) is 10.1. The van der Waals surface area contributed by atoms with E-state index >= 15 is 0 Å². The fraction of sp³-hybridized carbons (Fsp3) is 0.385. The average Bonchev–Trinajstić information content (AvgIpc) is 3.04. The van der Waals surface area contributed by atoms with Crippen LogP contribution in [0.1, 0.15) is 49.5 Å². The third-order valence-corrected chi connectivity index (χ3v) is 8.10. The predicted molar refractivity (Wildman–Crippen MR) is 136 cm³/mol. The van der Waals surface area contributed by atoms with Crippen molar-refractivity contribution in [2.75, 3.05) is 5.32 Å². The van der Waals surface area contributed by atoms with Gasteiger partial charge in [-0.15, -0.1) is 0 Å². The number of carbonyl (C=O) groups excluding carboxylic acids is 2. The van der Waals surface area contributed by atoms with Gasteiger partial charge in [0, 0.05) is 18.0 Å². The summed E-state index contributed by atoms with van der Waals surface area (Å²) in [4.78, 5) is 49.3. The second-order valence-electron chi connectivity index (χ2n) is 9.80. The Balaban J connectivity index is 1.68. The minimum absolute atomic E-state index is 0.00892. The molecule has 0 unspecified atom stereocenters. The van der Waals surface area contributed by atoms with Gasteiger partial charge in [0.1, 0.15) is 6.04 Å². The topological polar surface area (TPSA) is 133 Å². The number of halogens is 2. The van der Waals surface area contributed by atoms with Gasteiger partial charge >= 0.3 is 11.9 Å². The van der Waals surface area contributed by atoms with Crippen LogP contribution in [0.2, 0.25) is 10.0 Å². The Morgan fingerprint density at radius 2 is 1.58 bits per heavy atom. The first-order chi connectivity index (χ1) is 16.8. The molecule has 0 radical (unpaired) electrons. The molecule has 0 heterocycles. The lowest BCUT2D eigenvalue weighted by Gasteiger charge is -2.38. The molecule has 2 aromatic carbocycles. The molecule has 1 saturated carbocycles. The largest absolute Gasteiger partial charge is 0.481 e. The van der Waals surface area contributed by atoms with Crippen molar-refractivity contribution >= 4 is 52.6 Å². The van der Waals surface area contributed by atoms with Crippen LogP contribution in [0.25, 0.3) is 0 Å². The second-order valence-corrected chi connectivity index (χ2v) is 10.6. The highest BCUT2D eigenvalue weighted by molar-refractivity contribution is 6.40. The maximum atomic E-state index is 13.0. The number of rotatable bonds is 8. The molecule has 1 aliphatic rings. The molecule has 3 rings (SSSR count). The summed E-state index contributed by atoms with van der Waals surface area (Å²) in [7, 11) is 0. The SMILES string of the molecule is CC1(C)[C@@H](C(=O)N[C@@H](Cc2ccc(NC(=O)c3c(Cl)cccc3Cl)cc2)C(=O)O)CC[C@]1(C)C(=O)O. The van der Waals surface area contributed by atoms with E-state index in [0.717, 1.165) is 0 Å². The molecule has 0 spiro atoms. The second kappa shape index (κ2) is 10.5. The van der Waals surface area contributed by atoms with Gasteiger partial charge < -0.3 is 20.8 Å². The highest BCUT2D eigenvalue weighted by Crippen LogP contribution is 2.56. The van der Waals surface area contributed by atoms with Crippen LogP contribution in [0, 0.1) is 16.7 Å². The number of anilines is 1. The number of carbonyl (C=O) groups is 4. The van der Waals surface area contributed by atoms with Crippen molar-refractivity contribution in [1.82, 2.24) is 5.32 Å². The number of aliphatic carboxylic acids is 2. The van der Waals surface area contributed by atoms with Gasteiger partial charge in [0.05, 0.1) is 21.0 Å². The molecule has 2 amide bonds. The molecule has 0 bridgehead atoms. The van der Waals surface area contributed by atoms with Gasteiger partial charge in [-0.3, -0.25) is 14.4 Å². The predicted octanol–water partition coefficient (Wildman–Crippen LogP) is 4.88. The van der Waals surface area contributed by atoms with Crippen molar-refractivity contribution in [3.05, 3.63) is 63.6 Å². The molecule has 0 saturated heterocycles. The zero-order valence-electron chi connectivity index (χ0n) is 20.1. The monoisotopic (exact) mass is 534 g/mol. The lowest BCUT2D eigenvalue weighted by Crippen LogP contribution is -2.49. The standard InChI is InChI=1S/C26H28Cl2N2O6/c1-25(2)16(11-12-26(25,3)24(35)36)21(31)30-19(23(33)34)13-14-7-9-15(10-8-14)29-22(32)20-17(27)5-4-6-18(20)28/h4-10,16,19H,11-13H2,1-3H3,(H,29,32)(H,30,31)(H,33,34)(H,35,36)/t16-,19+,26-/m1/s1. The first-order valence-electron chi connectivity index (χ1n) is 11.4. The van der Waals surface area contributed by atoms with E-state index in [2.05, 4.69) is 10.6 Å². The molecule has 10 heteroatoms. The zero-order valence-corrected chi connectivity index (χ0v) is 21.6. The number of carboxylic acid groups (broad SMARTS) is 2. The fourth-order valence-electron chi connectivity index (χ4n) is 4.68. The van der Waals surface area contributed by atoms with E-state index in [1.54, 1.807) is 63.2 Å². The molecule has 1 aliphatic carbocycles. The molecule has 3 atom stereocenters. The van der Waals surface area contributed by atoms with E-state index in [4.69, 9.17) is 23.2 Å². The van der Waals surface area contributed by atoms with Gasteiger partial charge in [-0.25, -0.2) is 4.79 Å². The number of amides is 2. The summed E-state index contributed by atoms with van der Waals surface area (Å²) in [5, 5.41) is 25.1. The third kappa shape index (κ3) is 5.34. The van der Waals surface area contributed by atoms with Gasteiger partial charge in [-0.2, -0.15) is 0 Å². The molecule has 0 aliphatic heterocycles. The maximum Gasteiger partial charge on any atom is 0.326 e. The van der Waals surface area contributed by atoms with Gasteiger partial charge in [-0.1, -0.05) is 55.2 Å². The summed E-state index contributed by atoms with van der Waals surface area (Å²) >= 11 is 12.2. The van der Waals surface area contributed by atoms with Crippen molar-refractivity contribution in [2.45, 2.75) is 46.1 Å². The van der Waals surface area contributed by atoms with E-state index < -0.39 is 46.5 Å². The van der Waals surface area contributed by atoms with E-state index in [-0.39, 0.29) is 22.0 Å². The smallest absolute Gasteiger partial charge is 0.326 e. The zero-order chi connectivity index (χ0) is 26.8. The van der Waals surface area contributed by atoms with E-state index in [1.165, 1.54) is 0 Å². The van der Waals surface area contributed by atoms with Crippen molar-refractivity contribution in [1.29, 1.82) is 0 Å². The lowest BCUT2D eigenvalue weighted by atomic mass is 9.65. The first-order valence-corrected chi connectivity index (χ1v) is 12.1. The summed E-state index contributed by atoms with van der Waals surface area (Å²) in [5.41, 5.74) is -0.709.